The third-order valence-corrected chi connectivity index (χ3v) is 3.49. The first kappa shape index (κ1) is 15.2. The van der Waals surface area contributed by atoms with Crippen molar-refractivity contribution in [1.29, 1.82) is 0 Å². The van der Waals surface area contributed by atoms with Gasteiger partial charge < -0.3 is 10.5 Å². The van der Waals surface area contributed by atoms with E-state index in [4.69, 9.17) is 10.5 Å². The van der Waals surface area contributed by atoms with E-state index < -0.39 is 5.97 Å². The van der Waals surface area contributed by atoms with Crippen molar-refractivity contribution in [3.63, 3.8) is 0 Å². The highest BCUT2D eigenvalue weighted by molar-refractivity contribution is 5.99. The second kappa shape index (κ2) is 6.03. The molecule has 1 heterocycles. The fraction of sp³-hybridized carbons (Fsp3) is 0.467. The van der Waals surface area contributed by atoms with Crippen LogP contribution in [0.25, 0.3) is 11.0 Å². The molecule has 0 amide bonds. The fourth-order valence-corrected chi connectivity index (χ4v) is 2.54. The smallest absolute Gasteiger partial charge is 0.340 e. The first-order chi connectivity index (χ1) is 10.0. The highest BCUT2D eigenvalue weighted by Gasteiger charge is 2.18. The van der Waals surface area contributed by atoms with E-state index in [0.717, 1.165) is 23.9 Å². The molecular formula is C15H21N3O3. The molecule has 0 saturated carbocycles. The molecule has 0 saturated heterocycles. The van der Waals surface area contributed by atoms with E-state index in [1.165, 1.54) is 7.11 Å². The van der Waals surface area contributed by atoms with Crippen LogP contribution in [0.2, 0.25) is 0 Å². The van der Waals surface area contributed by atoms with Crippen molar-refractivity contribution >= 4 is 22.7 Å². The number of anilines is 1. The molecule has 0 aliphatic carbocycles. The number of carbonyl (C=O) groups is 1. The number of methoxy groups -OCH3 is 1. The lowest BCUT2D eigenvalue weighted by molar-refractivity contribution is 0.0602. The molecule has 6 nitrogen and oxygen atoms in total. The van der Waals surface area contributed by atoms with Gasteiger partial charge in [-0.15, -0.1) is 0 Å². The molecule has 0 spiro atoms. The number of rotatable bonds is 5. The molecule has 0 radical (unpaired) electrons. The second-order valence-corrected chi connectivity index (χ2v) is 5.01. The van der Waals surface area contributed by atoms with Crippen LogP contribution in [-0.4, -0.2) is 22.2 Å². The minimum Gasteiger partial charge on any atom is -0.465 e. The number of nitrogens with zero attached hydrogens (tertiary/aromatic N) is 2. The van der Waals surface area contributed by atoms with Gasteiger partial charge in [-0.1, -0.05) is 13.8 Å². The Kier molecular flexibility index (Phi) is 4.35. The zero-order valence-electron chi connectivity index (χ0n) is 12.7. The van der Waals surface area contributed by atoms with Crippen LogP contribution in [0, 0.1) is 0 Å². The molecule has 21 heavy (non-hydrogen) atoms. The highest BCUT2D eigenvalue weighted by atomic mass is 16.5. The van der Waals surface area contributed by atoms with Gasteiger partial charge in [-0.2, -0.15) is 0 Å². The van der Waals surface area contributed by atoms with Crippen molar-refractivity contribution in [3.8, 4) is 0 Å². The SMILES string of the molecule is CCCn1c(=O)n(CCC)c2cc(C(=O)OC)c(N)cc21. The molecule has 0 aliphatic rings. The lowest BCUT2D eigenvalue weighted by atomic mass is 10.1. The van der Waals surface area contributed by atoms with Crippen LogP contribution in [0.4, 0.5) is 5.69 Å². The molecule has 2 rings (SSSR count). The number of aryl methyl sites for hydroxylation is 2. The standard InChI is InChI=1S/C15H21N3O3/c1-4-6-17-12-8-10(14(19)21-3)11(16)9-13(12)18(7-5-2)15(17)20/h8-9H,4-7,16H2,1-3H3. The van der Waals surface area contributed by atoms with Gasteiger partial charge in [0, 0.05) is 18.8 Å². The van der Waals surface area contributed by atoms with E-state index in [0.29, 0.717) is 24.3 Å². The number of hydrogen-bond donors (Lipinski definition) is 1. The summed E-state index contributed by atoms with van der Waals surface area (Å²) >= 11 is 0. The van der Waals surface area contributed by atoms with Gasteiger partial charge in [0.1, 0.15) is 0 Å². The Morgan fingerprint density at radius 2 is 1.67 bits per heavy atom. The molecule has 1 aromatic heterocycles. The topological polar surface area (TPSA) is 79.2 Å². The first-order valence-corrected chi connectivity index (χ1v) is 7.16. The van der Waals surface area contributed by atoms with Crippen LogP contribution in [0.1, 0.15) is 37.0 Å². The number of fused-ring (bicyclic) bond motifs is 1. The molecular weight excluding hydrogens is 270 g/mol. The van der Waals surface area contributed by atoms with Crippen LogP contribution < -0.4 is 11.4 Å². The van der Waals surface area contributed by atoms with Crippen molar-refractivity contribution in [1.82, 2.24) is 9.13 Å². The summed E-state index contributed by atoms with van der Waals surface area (Å²) in [5.74, 6) is -0.492. The van der Waals surface area contributed by atoms with Crippen molar-refractivity contribution < 1.29 is 9.53 Å². The van der Waals surface area contributed by atoms with Gasteiger partial charge >= 0.3 is 11.7 Å². The van der Waals surface area contributed by atoms with Gasteiger partial charge in [0.25, 0.3) is 0 Å². The van der Waals surface area contributed by atoms with Gasteiger partial charge in [-0.25, -0.2) is 9.59 Å². The van der Waals surface area contributed by atoms with Crippen LogP contribution >= 0.6 is 0 Å². The molecule has 1 aromatic carbocycles. The average molecular weight is 291 g/mol. The van der Waals surface area contributed by atoms with E-state index in [1.807, 2.05) is 13.8 Å². The molecule has 0 bridgehead atoms. The normalized spacial score (nSPS) is 11.0. The number of imidazole rings is 1. The summed E-state index contributed by atoms with van der Waals surface area (Å²) in [6, 6.07) is 3.34. The van der Waals surface area contributed by atoms with Crippen molar-refractivity contribution in [2.24, 2.45) is 0 Å². The number of benzene rings is 1. The Bertz CT molecular complexity index is 728. The molecule has 2 aromatic rings. The van der Waals surface area contributed by atoms with Gasteiger partial charge in [-0.05, 0) is 25.0 Å². The summed E-state index contributed by atoms with van der Waals surface area (Å²) < 4.78 is 8.14. The van der Waals surface area contributed by atoms with E-state index in [-0.39, 0.29) is 5.69 Å². The maximum absolute atomic E-state index is 12.5. The Morgan fingerprint density at radius 3 is 2.14 bits per heavy atom. The summed E-state index contributed by atoms with van der Waals surface area (Å²) in [6.45, 7) is 5.26. The van der Waals surface area contributed by atoms with Crippen LogP contribution in [0.3, 0.4) is 0 Å². The Labute approximate surface area is 123 Å². The van der Waals surface area contributed by atoms with Crippen LogP contribution in [0.15, 0.2) is 16.9 Å². The minimum absolute atomic E-state index is 0.0601. The highest BCUT2D eigenvalue weighted by Crippen LogP contribution is 2.23. The number of esters is 1. The number of aromatic nitrogens is 2. The molecule has 0 fully saturated rings. The van der Waals surface area contributed by atoms with E-state index in [2.05, 4.69) is 0 Å². The molecule has 0 atom stereocenters. The summed E-state index contributed by atoms with van der Waals surface area (Å²) in [5, 5.41) is 0. The Morgan fingerprint density at radius 1 is 1.14 bits per heavy atom. The monoisotopic (exact) mass is 291 g/mol. The summed E-state index contributed by atoms with van der Waals surface area (Å²) in [4.78, 5) is 24.3. The number of nitrogens with two attached hydrogens (primary N) is 1. The van der Waals surface area contributed by atoms with Gasteiger partial charge in [-0.3, -0.25) is 9.13 Å². The third kappa shape index (κ3) is 2.53. The maximum atomic E-state index is 12.5. The average Bonchev–Trinajstić information content (AvgIpc) is 2.71. The number of nitrogen functional groups attached to an aromatic ring is 1. The quantitative estimate of drug-likeness (QED) is 0.675. The van der Waals surface area contributed by atoms with Crippen molar-refractivity contribution in [2.75, 3.05) is 12.8 Å². The van der Waals surface area contributed by atoms with Gasteiger partial charge in [0.2, 0.25) is 0 Å². The van der Waals surface area contributed by atoms with Crippen LogP contribution in [-0.2, 0) is 17.8 Å². The van der Waals surface area contributed by atoms with E-state index in [9.17, 15) is 9.59 Å². The predicted octanol–water partition coefficient (Wildman–Crippen LogP) is 1.99. The molecule has 6 heteroatoms. The summed E-state index contributed by atoms with van der Waals surface area (Å²) in [6.07, 6.45) is 1.69. The minimum atomic E-state index is -0.492. The van der Waals surface area contributed by atoms with E-state index in [1.54, 1.807) is 21.3 Å². The van der Waals surface area contributed by atoms with Gasteiger partial charge in [0.05, 0.1) is 23.7 Å². The lowest BCUT2D eigenvalue weighted by Crippen LogP contribution is -2.24. The van der Waals surface area contributed by atoms with Gasteiger partial charge in [0.15, 0.2) is 0 Å². The number of ether oxygens (including phenoxy) is 1. The van der Waals surface area contributed by atoms with Crippen molar-refractivity contribution in [2.45, 2.75) is 39.8 Å². The fourth-order valence-electron chi connectivity index (χ4n) is 2.54. The first-order valence-electron chi connectivity index (χ1n) is 7.16. The molecule has 0 aliphatic heterocycles. The second-order valence-electron chi connectivity index (χ2n) is 5.01. The predicted molar refractivity (Wildman–Crippen MR) is 82.5 cm³/mol. The Balaban J connectivity index is 2.78. The Hall–Kier alpha value is -2.24. The van der Waals surface area contributed by atoms with E-state index >= 15 is 0 Å². The zero-order chi connectivity index (χ0) is 15.6. The summed E-state index contributed by atoms with van der Waals surface area (Å²) in [5.41, 5.74) is 7.99. The summed E-state index contributed by atoms with van der Waals surface area (Å²) in [7, 11) is 1.31. The lowest BCUT2D eigenvalue weighted by Gasteiger charge is -2.06. The number of carbonyl (C=O) groups excluding carboxylic acids is 1. The molecule has 2 N–H and O–H groups in total. The maximum Gasteiger partial charge on any atom is 0.340 e. The zero-order valence-corrected chi connectivity index (χ0v) is 12.7. The van der Waals surface area contributed by atoms with Crippen molar-refractivity contribution in [3.05, 3.63) is 28.2 Å². The number of hydrogen-bond acceptors (Lipinski definition) is 4. The molecule has 114 valence electrons. The molecule has 0 unspecified atom stereocenters. The third-order valence-electron chi connectivity index (χ3n) is 3.49. The van der Waals surface area contributed by atoms with Crippen LogP contribution in [0.5, 0.6) is 0 Å². The largest absolute Gasteiger partial charge is 0.465 e.